The first-order valence-electron chi connectivity index (χ1n) is 11.4. The molecule has 0 aliphatic rings. The van der Waals surface area contributed by atoms with Crippen LogP contribution in [0.2, 0.25) is 0 Å². The van der Waals surface area contributed by atoms with Crippen LogP contribution in [0.4, 0.5) is 0 Å². The predicted octanol–water partition coefficient (Wildman–Crippen LogP) is 5.68. The van der Waals surface area contributed by atoms with E-state index < -0.39 is 0 Å². The Kier molecular flexibility index (Phi) is 8.36. The van der Waals surface area contributed by atoms with Crippen molar-refractivity contribution in [2.45, 2.75) is 46.7 Å². The third kappa shape index (κ3) is 5.72. The number of imidazole rings is 2. The van der Waals surface area contributed by atoms with Crippen molar-refractivity contribution >= 4 is 0 Å². The van der Waals surface area contributed by atoms with Gasteiger partial charge in [0.25, 0.3) is 0 Å². The lowest BCUT2D eigenvalue weighted by Gasteiger charge is -2.05. The molecule has 2 aromatic carbocycles. The monoisotopic (exact) mass is 430 g/mol. The SMILES string of the molecule is CC.CCCNCc1ncc(-c2ccc(-c3ccc(-c4cnc([C@H](C)N)[nH]4)cc3)cc2)[nH]1. The lowest BCUT2D eigenvalue weighted by molar-refractivity contribution is 0.655. The molecule has 1 atom stereocenters. The van der Waals surface area contributed by atoms with E-state index in [0.717, 1.165) is 53.7 Å². The molecule has 32 heavy (non-hydrogen) atoms. The predicted molar refractivity (Wildman–Crippen MR) is 133 cm³/mol. The maximum atomic E-state index is 5.88. The number of nitrogens with two attached hydrogens (primary N) is 1. The molecule has 168 valence electrons. The Morgan fingerprint density at radius 3 is 1.81 bits per heavy atom. The normalized spacial score (nSPS) is 11.7. The molecule has 6 heteroatoms. The van der Waals surface area contributed by atoms with E-state index in [2.05, 4.69) is 80.7 Å². The van der Waals surface area contributed by atoms with Crippen molar-refractivity contribution in [1.29, 1.82) is 0 Å². The average Bonchev–Trinajstić information content (AvgIpc) is 3.51. The Morgan fingerprint density at radius 2 is 1.31 bits per heavy atom. The highest BCUT2D eigenvalue weighted by molar-refractivity contribution is 5.71. The zero-order valence-electron chi connectivity index (χ0n) is 19.4. The van der Waals surface area contributed by atoms with Crippen LogP contribution >= 0.6 is 0 Å². The molecule has 0 amide bonds. The first-order valence-corrected chi connectivity index (χ1v) is 11.4. The highest BCUT2D eigenvalue weighted by Crippen LogP contribution is 2.26. The van der Waals surface area contributed by atoms with Crippen molar-refractivity contribution in [1.82, 2.24) is 25.3 Å². The number of aromatic amines is 2. The van der Waals surface area contributed by atoms with E-state index in [1.165, 1.54) is 11.1 Å². The highest BCUT2D eigenvalue weighted by atomic mass is 15.0. The fourth-order valence-electron chi connectivity index (χ4n) is 3.38. The number of H-pyrrole nitrogens is 2. The van der Waals surface area contributed by atoms with E-state index >= 15 is 0 Å². The third-order valence-electron chi connectivity index (χ3n) is 5.10. The zero-order chi connectivity index (χ0) is 22.9. The van der Waals surface area contributed by atoms with Gasteiger partial charge in [0.15, 0.2) is 0 Å². The summed E-state index contributed by atoms with van der Waals surface area (Å²) in [5.41, 5.74) is 12.5. The van der Waals surface area contributed by atoms with Gasteiger partial charge >= 0.3 is 0 Å². The third-order valence-corrected chi connectivity index (χ3v) is 5.10. The molecule has 0 aliphatic heterocycles. The highest BCUT2D eigenvalue weighted by Gasteiger charge is 2.08. The molecule has 0 saturated carbocycles. The molecule has 0 radical (unpaired) electrons. The smallest absolute Gasteiger partial charge is 0.123 e. The van der Waals surface area contributed by atoms with Crippen molar-refractivity contribution in [2.24, 2.45) is 5.73 Å². The van der Waals surface area contributed by atoms with Crippen LogP contribution < -0.4 is 11.1 Å². The fraction of sp³-hybridized carbons (Fsp3) is 0.308. The quantitative estimate of drug-likeness (QED) is 0.270. The Hall–Kier alpha value is -3.22. The van der Waals surface area contributed by atoms with E-state index in [0.29, 0.717) is 0 Å². The molecule has 4 rings (SSSR count). The largest absolute Gasteiger partial charge is 0.341 e. The minimum absolute atomic E-state index is 0.102. The van der Waals surface area contributed by atoms with Gasteiger partial charge in [-0.2, -0.15) is 0 Å². The van der Waals surface area contributed by atoms with Crippen molar-refractivity contribution in [3.63, 3.8) is 0 Å². The summed E-state index contributed by atoms with van der Waals surface area (Å²) in [6.07, 6.45) is 4.85. The number of nitrogens with one attached hydrogen (secondary N) is 3. The van der Waals surface area contributed by atoms with Crippen LogP contribution in [0.3, 0.4) is 0 Å². The standard InChI is InChI=1S/C24H28N6.C2H6/c1-3-12-26-15-23-27-13-21(29-23)19-8-4-17(5-9-19)18-6-10-20(11-7-18)22-14-28-24(30-22)16(2)25;1-2/h4-11,13-14,16,26H,3,12,15,25H2,1-2H3,(H,27,29)(H,28,30);1-2H3/t16-;/m0./s1. The summed E-state index contributed by atoms with van der Waals surface area (Å²) < 4.78 is 0. The zero-order valence-corrected chi connectivity index (χ0v) is 19.4. The number of rotatable bonds is 8. The van der Waals surface area contributed by atoms with Crippen LogP contribution in [0.25, 0.3) is 33.6 Å². The first-order chi connectivity index (χ1) is 15.6. The van der Waals surface area contributed by atoms with Gasteiger partial charge in [-0.1, -0.05) is 69.3 Å². The molecule has 5 N–H and O–H groups in total. The summed E-state index contributed by atoms with van der Waals surface area (Å²) in [7, 11) is 0. The summed E-state index contributed by atoms with van der Waals surface area (Å²) in [6.45, 7) is 9.84. The maximum absolute atomic E-state index is 5.88. The van der Waals surface area contributed by atoms with Crippen molar-refractivity contribution < 1.29 is 0 Å². The summed E-state index contributed by atoms with van der Waals surface area (Å²) in [4.78, 5) is 15.5. The van der Waals surface area contributed by atoms with E-state index in [9.17, 15) is 0 Å². The van der Waals surface area contributed by atoms with E-state index in [-0.39, 0.29) is 6.04 Å². The number of hydrogen-bond acceptors (Lipinski definition) is 4. The van der Waals surface area contributed by atoms with Crippen molar-refractivity contribution in [3.8, 4) is 33.6 Å². The number of nitrogens with zero attached hydrogens (tertiary/aromatic N) is 2. The van der Waals surface area contributed by atoms with Gasteiger partial charge in [-0.05, 0) is 42.1 Å². The molecule has 0 spiro atoms. The van der Waals surface area contributed by atoms with Gasteiger partial charge in [0.2, 0.25) is 0 Å². The summed E-state index contributed by atoms with van der Waals surface area (Å²) in [5, 5.41) is 3.36. The molecule has 0 aliphatic carbocycles. The fourth-order valence-corrected chi connectivity index (χ4v) is 3.38. The van der Waals surface area contributed by atoms with Gasteiger partial charge in [-0.25, -0.2) is 9.97 Å². The van der Waals surface area contributed by atoms with Gasteiger partial charge in [-0.15, -0.1) is 0 Å². The molecule has 6 nitrogen and oxygen atoms in total. The molecule has 4 aromatic rings. The van der Waals surface area contributed by atoms with Crippen LogP contribution in [-0.2, 0) is 6.54 Å². The lowest BCUT2D eigenvalue weighted by atomic mass is 10.0. The minimum Gasteiger partial charge on any atom is -0.341 e. The van der Waals surface area contributed by atoms with E-state index in [4.69, 9.17) is 5.73 Å². The Bertz CT molecular complexity index is 1070. The first kappa shape index (κ1) is 23.4. The Balaban J connectivity index is 0.00000141. The van der Waals surface area contributed by atoms with E-state index in [1.54, 1.807) is 0 Å². The van der Waals surface area contributed by atoms with Gasteiger partial charge in [-0.3, -0.25) is 0 Å². The Labute approximate surface area is 190 Å². The molecule has 0 bridgehead atoms. The second kappa shape index (κ2) is 11.4. The summed E-state index contributed by atoms with van der Waals surface area (Å²) >= 11 is 0. The number of hydrogen-bond donors (Lipinski definition) is 4. The Morgan fingerprint density at radius 1 is 0.812 bits per heavy atom. The molecule has 0 unspecified atom stereocenters. The van der Waals surface area contributed by atoms with Gasteiger partial charge in [0, 0.05) is 0 Å². The van der Waals surface area contributed by atoms with Gasteiger partial charge < -0.3 is 21.0 Å². The minimum atomic E-state index is -0.102. The van der Waals surface area contributed by atoms with Gasteiger partial charge in [0.1, 0.15) is 11.6 Å². The number of aromatic nitrogens is 4. The second-order valence-corrected chi connectivity index (χ2v) is 7.55. The van der Waals surface area contributed by atoms with Crippen LogP contribution in [0, 0.1) is 0 Å². The molecule has 2 aromatic heterocycles. The molecular formula is C26H34N6. The van der Waals surface area contributed by atoms with Gasteiger partial charge in [0.05, 0.1) is 36.4 Å². The van der Waals surface area contributed by atoms with Crippen molar-refractivity contribution in [3.05, 3.63) is 72.6 Å². The topological polar surface area (TPSA) is 95.4 Å². The lowest BCUT2D eigenvalue weighted by Crippen LogP contribution is -2.14. The van der Waals surface area contributed by atoms with Crippen LogP contribution in [0.5, 0.6) is 0 Å². The average molecular weight is 431 g/mol. The molecular weight excluding hydrogens is 396 g/mol. The molecule has 0 fully saturated rings. The van der Waals surface area contributed by atoms with Crippen LogP contribution in [0.15, 0.2) is 60.9 Å². The summed E-state index contributed by atoms with van der Waals surface area (Å²) in [6, 6.07) is 16.9. The molecule has 0 saturated heterocycles. The molecule has 2 heterocycles. The van der Waals surface area contributed by atoms with Crippen LogP contribution in [0.1, 0.15) is 51.8 Å². The second-order valence-electron chi connectivity index (χ2n) is 7.55. The van der Waals surface area contributed by atoms with E-state index in [1.807, 2.05) is 33.2 Å². The summed E-state index contributed by atoms with van der Waals surface area (Å²) in [5.74, 6) is 1.76. The van der Waals surface area contributed by atoms with Crippen molar-refractivity contribution in [2.75, 3.05) is 6.54 Å². The number of benzene rings is 2. The van der Waals surface area contributed by atoms with Crippen LogP contribution in [-0.4, -0.2) is 26.5 Å². The maximum Gasteiger partial charge on any atom is 0.123 e.